The Morgan fingerprint density at radius 2 is 1.69 bits per heavy atom. The van der Waals surface area contributed by atoms with Gasteiger partial charge in [0, 0.05) is 16.3 Å². The van der Waals surface area contributed by atoms with Crippen LogP contribution in [0.5, 0.6) is 11.5 Å². The predicted molar refractivity (Wildman–Crippen MR) is 143 cm³/mol. The molecule has 0 fully saturated rings. The first-order chi connectivity index (χ1) is 18.8. The van der Waals surface area contributed by atoms with Crippen molar-refractivity contribution < 1.29 is 28.9 Å². The minimum atomic E-state index is -0.987. The smallest absolute Gasteiger partial charge is 0.355 e. The van der Waals surface area contributed by atoms with E-state index in [0.29, 0.717) is 27.6 Å². The number of hydrogen-bond acceptors (Lipinski definition) is 9. The van der Waals surface area contributed by atoms with Crippen molar-refractivity contribution >= 4 is 29.2 Å². The molecule has 1 aliphatic heterocycles. The fourth-order valence-corrected chi connectivity index (χ4v) is 4.47. The lowest BCUT2D eigenvalue weighted by Gasteiger charge is -2.36. The normalized spacial score (nSPS) is 15.1. The molecule has 0 saturated carbocycles. The Kier molecular flexibility index (Phi) is 8.20. The number of nitriles is 1. The molecule has 0 spiro atoms. The second-order valence-electron chi connectivity index (χ2n) is 8.34. The number of carbonyl (C=O) groups excluding carboxylic acids is 2. The average Bonchev–Trinajstić information content (AvgIpc) is 2.97. The van der Waals surface area contributed by atoms with Gasteiger partial charge in [0.2, 0.25) is 0 Å². The largest absolute Gasteiger partial charge is 0.466 e. The molecule has 3 N–H and O–H groups in total. The lowest BCUT2D eigenvalue weighted by Crippen LogP contribution is -2.40. The van der Waals surface area contributed by atoms with Crippen molar-refractivity contribution in [1.82, 2.24) is 0 Å². The number of halogens is 1. The summed E-state index contributed by atoms with van der Waals surface area (Å²) in [6.07, 6.45) is 0. The Balaban J connectivity index is 1.92. The molecule has 1 aliphatic rings. The van der Waals surface area contributed by atoms with Crippen LogP contribution in [0.4, 0.5) is 5.69 Å². The Bertz CT molecular complexity index is 1510. The predicted octanol–water partition coefficient (Wildman–Crippen LogP) is 4.52. The molecule has 1 heterocycles. The van der Waals surface area contributed by atoms with Crippen LogP contribution in [0.2, 0.25) is 5.02 Å². The number of nitrogens with two attached hydrogens (primary N) is 1. The van der Waals surface area contributed by atoms with E-state index in [1.807, 2.05) is 0 Å². The van der Waals surface area contributed by atoms with E-state index >= 15 is 0 Å². The monoisotopic (exact) mass is 545 g/mol. The molecule has 198 valence electrons. The van der Waals surface area contributed by atoms with Crippen molar-refractivity contribution in [3.63, 3.8) is 0 Å². The topological polar surface area (TPSA) is 135 Å². The van der Waals surface area contributed by atoms with Gasteiger partial charge in [-0.15, -0.1) is 0 Å². The maximum Gasteiger partial charge on any atom is 0.355 e. The summed E-state index contributed by atoms with van der Waals surface area (Å²) in [4.78, 5) is 27.6. The first-order valence-electron chi connectivity index (χ1n) is 11.7. The molecular weight excluding hydrogens is 522 g/mol. The number of nitrogens with zero attached hydrogens (tertiary/aromatic N) is 2. The number of carbonyl (C=O) groups is 2. The van der Waals surface area contributed by atoms with Gasteiger partial charge in [0.05, 0.1) is 44.0 Å². The third-order valence-corrected chi connectivity index (χ3v) is 6.38. The number of benzene rings is 3. The standard InChI is InChI=1S/C29H24ClN3O6/c1-37-28(35)25-24(17-6-4-3-5-7-17)22(15-31)27(32)33(26(25)29(36)38-2)20-10-13-23(18(14-20)16-34)39-21-11-8-19(30)9-12-21/h3-14,24,34H,16,32H2,1-2H3. The zero-order valence-corrected chi connectivity index (χ0v) is 21.8. The highest BCUT2D eigenvalue weighted by atomic mass is 35.5. The number of esters is 2. The van der Waals surface area contributed by atoms with Crippen molar-refractivity contribution in [2.45, 2.75) is 12.5 Å². The van der Waals surface area contributed by atoms with Crippen LogP contribution in [-0.2, 0) is 25.7 Å². The Hall–Kier alpha value is -4.78. The lowest BCUT2D eigenvalue weighted by molar-refractivity contribution is -0.139. The molecule has 0 aliphatic carbocycles. The van der Waals surface area contributed by atoms with Gasteiger partial charge < -0.3 is 25.1 Å². The van der Waals surface area contributed by atoms with Gasteiger partial charge in [0.1, 0.15) is 23.0 Å². The number of rotatable bonds is 7. The summed E-state index contributed by atoms with van der Waals surface area (Å²) < 4.78 is 16.0. The molecule has 1 atom stereocenters. The molecule has 0 saturated heterocycles. The second kappa shape index (κ2) is 11.7. The molecule has 3 aromatic carbocycles. The van der Waals surface area contributed by atoms with E-state index in [0.717, 1.165) is 0 Å². The van der Waals surface area contributed by atoms with Crippen molar-refractivity contribution in [3.05, 3.63) is 112 Å². The van der Waals surface area contributed by atoms with Gasteiger partial charge in [-0.2, -0.15) is 5.26 Å². The molecule has 10 heteroatoms. The summed E-state index contributed by atoms with van der Waals surface area (Å²) in [5, 5.41) is 20.8. The highest BCUT2D eigenvalue weighted by Crippen LogP contribution is 2.44. The van der Waals surface area contributed by atoms with Gasteiger partial charge in [-0.25, -0.2) is 9.59 Å². The van der Waals surface area contributed by atoms with E-state index in [-0.39, 0.29) is 28.4 Å². The number of hydrogen-bond donors (Lipinski definition) is 2. The van der Waals surface area contributed by atoms with Crippen LogP contribution in [0.1, 0.15) is 17.0 Å². The minimum Gasteiger partial charge on any atom is -0.466 e. The lowest BCUT2D eigenvalue weighted by atomic mass is 9.81. The molecule has 39 heavy (non-hydrogen) atoms. The van der Waals surface area contributed by atoms with Crippen molar-refractivity contribution in [2.24, 2.45) is 5.73 Å². The summed E-state index contributed by atoms with van der Waals surface area (Å²) in [7, 11) is 2.35. The zero-order chi connectivity index (χ0) is 28.1. The van der Waals surface area contributed by atoms with Crippen molar-refractivity contribution in [2.75, 3.05) is 19.1 Å². The van der Waals surface area contributed by atoms with E-state index in [1.54, 1.807) is 66.7 Å². The van der Waals surface area contributed by atoms with Crippen molar-refractivity contribution in [1.29, 1.82) is 5.26 Å². The molecule has 1 unspecified atom stereocenters. The van der Waals surface area contributed by atoms with Gasteiger partial charge in [0.25, 0.3) is 0 Å². The fraction of sp³-hybridized carbons (Fsp3) is 0.138. The summed E-state index contributed by atoms with van der Waals surface area (Å²) >= 11 is 5.95. The highest BCUT2D eigenvalue weighted by molar-refractivity contribution is 6.30. The number of methoxy groups -OCH3 is 2. The van der Waals surface area contributed by atoms with Gasteiger partial charge in [-0.05, 0) is 48.0 Å². The van der Waals surface area contributed by atoms with Gasteiger partial charge in [-0.1, -0.05) is 41.9 Å². The SMILES string of the molecule is COC(=O)C1=C(C(=O)OC)N(c2ccc(Oc3ccc(Cl)cc3)c(CO)c2)C(N)=C(C#N)C1c1ccccc1. The third-order valence-electron chi connectivity index (χ3n) is 6.12. The third kappa shape index (κ3) is 5.29. The Labute approximate surface area is 229 Å². The van der Waals surface area contributed by atoms with Crippen molar-refractivity contribution in [3.8, 4) is 17.6 Å². The first kappa shape index (κ1) is 27.3. The van der Waals surface area contributed by atoms with Gasteiger partial charge in [0.15, 0.2) is 0 Å². The molecule has 0 aromatic heterocycles. The molecule has 9 nitrogen and oxygen atoms in total. The second-order valence-corrected chi connectivity index (χ2v) is 8.78. The molecule has 0 radical (unpaired) electrons. The van der Waals surface area contributed by atoms with Gasteiger partial charge >= 0.3 is 11.9 Å². The van der Waals surface area contributed by atoms with Crippen LogP contribution in [0.3, 0.4) is 0 Å². The van der Waals surface area contributed by atoms with Crippen LogP contribution < -0.4 is 15.4 Å². The number of aliphatic hydroxyl groups is 1. The number of anilines is 1. The molecule has 4 rings (SSSR count). The number of aliphatic hydroxyl groups excluding tert-OH is 1. The zero-order valence-electron chi connectivity index (χ0n) is 21.1. The minimum absolute atomic E-state index is 0.0290. The Morgan fingerprint density at radius 3 is 2.28 bits per heavy atom. The van der Waals surface area contributed by atoms with Crippen LogP contribution in [0.25, 0.3) is 0 Å². The molecule has 0 bridgehead atoms. The van der Waals surface area contributed by atoms with Crippen LogP contribution in [0.15, 0.2) is 95.5 Å². The molecule has 0 amide bonds. The quantitative estimate of drug-likeness (QED) is 0.411. The molecule has 3 aromatic rings. The highest BCUT2D eigenvalue weighted by Gasteiger charge is 2.43. The average molecular weight is 546 g/mol. The van der Waals surface area contributed by atoms with Crippen LogP contribution in [0, 0.1) is 11.3 Å². The number of allylic oxidation sites excluding steroid dienone is 1. The van der Waals surface area contributed by atoms with E-state index in [2.05, 4.69) is 6.07 Å². The maximum atomic E-state index is 13.2. The summed E-state index contributed by atoms with van der Waals surface area (Å²) in [5.41, 5.74) is 7.41. The van der Waals surface area contributed by atoms with E-state index in [4.69, 9.17) is 31.5 Å². The fourth-order valence-electron chi connectivity index (χ4n) is 4.34. The summed E-state index contributed by atoms with van der Waals surface area (Å²) in [5.74, 6) is -1.96. The summed E-state index contributed by atoms with van der Waals surface area (Å²) in [6, 6.07) is 22.2. The maximum absolute atomic E-state index is 13.2. The Morgan fingerprint density at radius 1 is 1.03 bits per heavy atom. The number of ether oxygens (including phenoxy) is 3. The van der Waals surface area contributed by atoms with E-state index in [1.165, 1.54) is 25.2 Å². The van der Waals surface area contributed by atoms with E-state index in [9.17, 15) is 20.0 Å². The summed E-state index contributed by atoms with van der Waals surface area (Å²) in [6.45, 7) is -0.424. The van der Waals surface area contributed by atoms with Crippen LogP contribution >= 0.6 is 11.6 Å². The van der Waals surface area contributed by atoms with E-state index < -0.39 is 24.5 Å². The molecular formula is C29H24ClN3O6. The van der Waals surface area contributed by atoms with Gasteiger partial charge in [-0.3, -0.25) is 4.90 Å². The first-order valence-corrected chi connectivity index (χ1v) is 12.0. The van der Waals surface area contributed by atoms with Crippen LogP contribution in [-0.4, -0.2) is 31.3 Å².